The Morgan fingerprint density at radius 3 is 1.08 bits per heavy atom. The van der Waals surface area contributed by atoms with Gasteiger partial charge in [0.15, 0.2) is 0 Å². The smallest absolute Gasteiger partial charge is 0.545 e. The molecule has 2 aromatic carbocycles. The van der Waals surface area contributed by atoms with Crippen LogP contribution in [0.25, 0.3) is 0 Å². The fourth-order valence-electron chi connectivity index (χ4n) is 3.00. The summed E-state index contributed by atoms with van der Waals surface area (Å²) in [5.41, 5.74) is 0.440. The van der Waals surface area contributed by atoms with Gasteiger partial charge in [-0.1, -0.05) is 60.7 Å². The van der Waals surface area contributed by atoms with Crippen molar-refractivity contribution in [1.82, 2.24) is 29.1 Å². The summed E-state index contributed by atoms with van der Waals surface area (Å²) in [7, 11) is -1.12. The minimum Gasteiger partial charge on any atom is -0.545 e. The summed E-state index contributed by atoms with van der Waals surface area (Å²) in [5.74, 6) is -2.26. The molecule has 3 aromatic heterocycles. The van der Waals surface area contributed by atoms with Crippen molar-refractivity contribution in [2.24, 2.45) is 0 Å². The molecule has 186 valence electrons. The third-order valence-electron chi connectivity index (χ3n) is 4.57. The third kappa shape index (κ3) is 8.80. The summed E-state index contributed by atoms with van der Waals surface area (Å²) >= 11 is 0. The average molecular weight is 667 g/mol. The quantitative estimate of drug-likeness (QED) is 0.173. The Bertz CT molecular complexity index is 1120. The Balaban J connectivity index is 0.000000282. The third-order valence-corrected chi connectivity index (χ3v) is 4.57. The first-order chi connectivity index (χ1) is 16.6. The SMILES string of the molecule is O=C([O-])c1ccccc1.O=C([O-])c1ccccc1.[Ir+3].[OH3+].c1cnn([BH-](n2cccn2)n2cccn2)c1. The molecule has 13 heteroatoms. The Morgan fingerprint density at radius 2 is 0.889 bits per heavy atom. The number of carbonyl (C=O) groups is 2. The van der Waals surface area contributed by atoms with Gasteiger partial charge in [-0.25, -0.2) is 15.3 Å². The Kier molecular flexibility index (Phi) is 12.8. The average Bonchev–Trinajstić information content (AvgIpc) is 3.66. The molecular formula is C23H23BIrN6O5+. The second kappa shape index (κ2) is 15.6. The summed E-state index contributed by atoms with van der Waals surface area (Å²) in [6.07, 6.45) is 11.0. The second-order valence-electron chi connectivity index (χ2n) is 6.87. The van der Waals surface area contributed by atoms with Crippen molar-refractivity contribution in [3.05, 3.63) is 127 Å². The predicted molar refractivity (Wildman–Crippen MR) is 126 cm³/mol. The van der Waals surface area contributed by atoms with Crippen LogP contribution in [0.4, 0.5) is 0 Å². The number of carboxylic acids is 2. The van der Waals surface area contributed by atoms with Crippen LogP contribution in [0, 0.1) is 0 Å². The number of nitrogens with zero attached hydrogens (tertiary/aromatic N) is 6. The van der Waals surface area contributed by atoms with Crippen LogP contribution in [0.15, 0.2) is 116 Å². The van der Waals surface area contributed by atoms with Gasteiger partial charge in [0.25, 0.3) is 0 Å². The normalized spacial score (nSPS) is 9.36. The summed E-state index contributed by atoms with van der Waals surface area (Å²) in [4.78, 5) is 20.2. The first-order valence-corrected chi connectivity index (χ1v) is 10.2. The number of rotatable bonds is 5. The van der Waals surface area contributed by atoms with Gasteiger partial charge >= 0.3 is 27.2 Å². The molecule has 0 saturated heterocycles. The van der Waals surface area contributed by atoms with E-state index in [1.54, 1.807) is 55.0 Å². The van der Waals surface area contributed by atoms with Gasteiger partial charge in [0.2, 0.25) is 0 Å². The Labute approximate surface area is 220 Å². The molecule has 0 aliphatic carbocycles. The van der Waals surface area contributed by atoms with Crippen molar-refractivity contribution in [3.63, 3.8) is 0 Å². The molecule has 0 aliphatic rings. The molecule has 0 aliphatic heterocycles. The molecule has 0 saturated carbocycles. The van der Waals surface area contributed by atoms with E-state index in [-0.39, 0.29) is 36.7 Å². The van der Waals surface area contributed by atoms with E-state index in [1.807, 2.05) is 50.6 Å². The van der Waals surface area contributed by atoms with Gasteiger partial charge < -0.3 is 39.1 Å². The number of carboxylic acid groups (broad SMARTS) is 2. The van der Waals surface area contributed by atoms with E-state index in [0.29, 0.717) is 0 Å². The van der Waals surface area contributed by atoms with E-state index in [9.17, 15) is 19.8 Å². The van der Waals surface area contributed by atoms with E-state index in [4.69, 9.17) is 0 Å². The van der Waals surface area contributed by atoms with Crippen molar-refractivity contribution in [1.29, 1.82) is 0 Å². The Morgan fingerprint density at radius 1 is 0.583 bits per heavy atom. The number of hydrogen-bond acceptors (Lipinski definition) is 7. The zero-order valence-corrected chi connectivity index (χ0v) is 21.3. The molecule has 0 spiro atoms. The summed E-state index contributed by atoms with van der Waals surface area (Å²) in [6, 6.07) is 21.8. The van der Waals surface area contributed by atoms with Gasteiger partial charge in [0, 0.05) is 18.6 Å². The fourth-order valence-corrected chi connectivity index (χ4v) is 3.00. The van der Waals surface area contributed by atoms with Gasteiger partial charge in [-0.15, -0.1) is 0 Å². The van der Waals surface area contributed by atoms with Gasteiger partial charge in [-0.05, 0) is 47.9 Å². The van der Waals surface area contributed by atoms with E-state index >= 15 is 0 Å². The predicted octanol–water partition coefficient (Wildman–Crippen LogP) is -0.886. The number of carbonyl (C=O) groups excluding carboxylic acids is 2. The van der Waals surface area contributed by atoms with Gasteiger partial charge in [0.05, 0.1) is 11.9 Å². The van der Waals surface area contributed by atoms with E-state index in [2.05, 4.69) is 15.3 Å². The second-order valence-corrected chi connectivity index (χ2v) is 6.87. The summed E-state index contributed by atoms with van der Waals surface area (Å²) < 4.78 is 5.62. The minimum atomic E-state index is -1.13. The molecule has 0 radical (unpaired) electrons. The van der Waals surface area contributed by atoms with Gasteiger partial charge in [-0.3, -0.25) is 0 Å². The maximum atomic E-state index is 10.1. The zero-order valence-electron chi connectivity index (χ0n) is 18.9. The largest absolute Gasteiger partial charge is 3.00 e. The van der Waals surface area contributed by atoms with Crippen molar-refractivity contribution in [2.45, 2.75) is 0 Å². The van der Waals surface area contributed by atoms with E-state index < -0.39 is 19.1 Å². The van der Waals surface area contributed by atoms with Crippen LogP contribution in [0.2, 0.25) is 0 Å². The topological polar surface area (TPSA) is 167 Å². The van der Waals surface area contributed by atoms with E-state index in [1.165, 1.54) is 24.3 Å². The van der Waals surface area contributed by atoms with Crippen LogP contribution in [0.3, 0.4) is 0 Å². The monoisotopic (exact) mass is 667 g/mol. The maximum Gasteiger partial charge on any atom is 3.00 e. The van der Waals surface area contributed by atoms with Crippen LogP contribution in [-0.2, 0) is 25.6 Å². The van der Waals surface area contributed by atoms with Crippen LogP contribution in [0.5, 0.6) is 0 Å². The summed E-state index contributed by atoms with van der Waals surface area (Å²) in [6.45, 7) is 0. The molecule has 5 aromatic rings. The molecule has 0 unspecified atom stereocenters. The number of benzene rings is 2. The van der Waals surface area contributed by atoms with Crippen LogP contribution < -0.4 is 10.2 Å². The van der Waals surface area contributed by atoms with Crippen molar-refractivity contribution in [3.8, 4) is 0 Å². The Hall–Kier alpha value is -4.32. The molecule has 0 atom stereocenters. The van der Waals surface area contributed by atoms with Crippen LogP contribution >= 0.6 is 0 Å². The van der Waals surface area contributed by atoms with Crippen molar-refractivity contribution < 1.29 is 45.4 Å². The van der Waals surface area contributed by atoms with Crippen LogP contribution in [0.1, 0.15) is 20.7 Å². The van der Waals surface area contributed by atoms with Crippen molar-refractivity contribution in [2.75, 3.05) is 0 Å². The first kappa shape index (κ1) is 29.7. The minimum absolute atomic E-state index is 0. The molecule has 0 amide bonds. The molecule has 3 N–H and O–H groups in total. The maximum absolute atomic E-state index is 10.1. The number of aromatic nitrogens is 6. The molecule has 0 bridgehead atoms. The van der Waals surface area contributed by atoms with Gasteiger partial charge in [-0.2, -0.15) is 0 Å². The summed E-state index contributed by atoms with van der Waals surface area (Å²) in [5, 5.41) is 33.0. The zero-order chi connectivity index (χ0) is 24.2. The molecule has 0 fully saturated rings. The molecule has 11 nitrogen and oxygen atoms in total. The molecule has 3 heterocycles. The molecular weight excluding hydrogens is 643 g/mol. The van der Waals surface area contributed by atoms with Crippen LogP contribution in [-0.4, -0.2) is 48.1 Å². The van der Waals surface area contributed by atoms with Crippen molar-refractivity contribution >= 4 is 19.1 Å². The van der Waals surface area contributed by atoms with E-state index in [0.717, 1.165) is 0 Å². The fraction of sp³-hybridized carbons (Fsp3) is 0. The van der Waals surface area contributed by atoms with Gasteiger partial charge in [0.1, 0.15) is 0 Å². The standard InChI is InChI=1S/C9H10BN6.2C7H6O2.Ir.H2O/c1-4-11-14(7-1)10(15-8-2-5-12-15)16-9-3-6-13-16;2*8-7(9)6-4-2-1-3-5-6;;/h1-10H;2*1-5H,(H,8,9);;1H2/q-1;;;+3;/p-1. The first-order valence-electron chi connectivity index (χ1n) is 10.2. The molecule has 5 rings (SSSR count). The molecule has 36 heavy (non-hydrogen) atoms. The number of aromatic carboxylic acids is 2. The number of hydrogen-bond donors (Lipinski definition) is 0.